The standard InChI is InChI=1S/C20H23N3O5S/c1-13(24)16-8-9-17(29-16)20(10-4-5-11-20)12-21-18(25)19(26)22-14-6-2-3-7-15(14)23(27)28/h2-3,6-9,13,24H,4-5,10-12H2,1H3,(H,21,25)(H,22,26). The van der Waals surface area contributed by atoms with Gasteiger partial charge in [-0.05, 0) is 38.0 Å². The van der Waals surface area contributed by atoms with Crippen LogP contribution in [0.25, 0.3) is 0 Å². The zero-order chi connectivity index (χ0) is 21.0. The lowest BCUT2D eigenvalue weighted by Crippen LogP contribution is -2.43. The first-order chi connectivity index (χ1) is 13.8. The number of hydrogen-bond donors (Lipinski definition) is 3. The topological polar surface area (TPSA) is 122 Å². The number of nitrogens with one attached hydrogen (secondary N) is 2. The Morgan fingerprint density at radius 2 is 1.90 bits per heavy atom. The van der Waals surface area contributed by atoms with Gasteiger partial charge in [0.1, 0.15) is 5.69 Å². The molecule has 3 N–H and O–H groups in total. The second-order valence-electron chi connectivity index (χ2n) is 7.28. The van der Waals surface area contributed by atoms with Crippen molar-refractivity contribution in [1.82, 2.24) is 5.32 Å². The number of anilines is 1. The first-order valence-corrected chi connectivity index (χ1v) is 10.2. The number of hydrogen-bond acceptors (Lipinski definition) is 6. The van der Waals surface area contributed by atoms with E-state index in [1.54, 1.807) is 13.0 Å². The lowest BCUT2D eigenvalue weighted by atomic mass is 9.84. The van der Waals surface area contributed by atoms with E-state index in [-0.39, 0.29) is 16.8 Å². The van der Waals surface area contributed by atoms with Crippen LogP contribution in [0.2, 0.25) is 0 Å². The summed E-state index contributed by atoms with van der Waals surface area (Å²) in [5.41, 5.74) is -0.551. The lowest BCUT2D eigenvalue weighted by Gasteiger charge is -2.28. The van der Waals surface area contributed by atoms with Crippen molar-refractivity contribution < 1.29 is 19.6 Å². The minimum Gasteiger partial charge on any atom is -0.388 e. The van der Waals surface area contributed by atoms with Crippen molar-refractivity contribution in [1.29, 1.82) is 0 Å². The molecule has 2 aromatic rings. The van der Waals surface area contributed by atoms with Gasteiger partial charge in [-0.3, -0.25) is 19.7 Å². The summed E-state index contributed by atoms with van der Waals surface area (Å²) in [6.07, 6.45) is 3.28. The third-order valence-corrected chi connectivity index (χ3v) is 6.77. The van der Waals surface area contributed by atoms with Crippen LogP contribution >= 0.6 is 11.3 Å². The van der Waals surface area contributed by atoms with E-state index in [1.807, 2.05) is 12.1 Å². The van der Waals surface area contributed by atoms with Gasteiger partial charge in [0.2, 0.25) is 0 Å². The van der Waals surface area contributed by atoms with Crippen molar-refractivity contribution in [3.63, 3.8) is 0 Å². The molecule has 1 aromatic heterocycles. The summed E-state index contributed by atoms with van der Waals surface area (Å²) >= 11 is 1.53. The highest BCUT2D eigenvalue weighted by molar-refractivity contribution is 7.12. The molecule has 8 nitrogen and oxygen atoms in total. The van der Waals surface area contributed by atoms with Gasteiger partial charge in [-0.15, -0.1) is 11.3 Å². The molecule has 1 aliphatic rings. The molecule has 1 unspecified atom stereocenters. The summed E-state index contributed by atoms with van der Waals surface area (Å²) in [5.74, 6) is -1.77. The van der Waals surface area contributed by atoms with Crippen LogP contribution in [0.15, 0.2) is 36.4 Å². The Morgan fingerprint density at radius 1 is 1.21 bits per heavy atom. The van der Waals surface area contributed by atoms with Gasteiger partial charge in [0.15, 0.2) is 0 Å². The molecule has 9 heteroatoms. The normalized spacial score (nSPS) is 16.2. The van der Waals surface area contributed by atoms with Crippen molar-refractivity contribution in [3.8, 4) is 0 Å². The van der Waals surface area contributed by atoms with Crippen molar-refractivity contribution in [2.75, 3.05) is 11.9 Å². The van der Waals surface area contributed by atoms with Crippen LogP contribution in [0.3, 0.4) is 0 Å². The molecule has 1 aliphatic carbocycles. The summed E-state index contributed by atoms with van der Waals surface area (Å²) in [4.78, 5) is 37.0. The highest BCUT2D eigenvalue weighted by Crippen LogP contribution is 2.44. The predicted molar refractivity (Wildman–Crippen MR) is 110 cm³/mol. The summed E-state index contributed by atoms with van der Waals surface area (Å²) in [7, 11) is 0. The largest absolute Gasteiger partial charge is 0.388 e. The van der Waals surface area contributed by atoms with E-state index in [4.69, 9.17) is 0 Å². The molecule has 1 heterocycles. The lowest BCUT2D eigenvalue weighted by molar-refractivity contribution is -0.383. The predicted octanol–water partition coefficient (Wildman–Crippen LogP) is 3.28. The van der Waals surface area contributed by atoms with Gasteiger partial charge >= 0.3 is 11.8 Å². The Hall–Kier alpha value is -2.78. The van der Waals surface area contributed by atoms with Crippen LogP contribution in [0, 0.1) is 10.1 Å². The van der Waals surface area contributed by atoms with Crippen LogP contribution in [0.1, 0.15) is 48.5 Å². The molecule has 29 heavy (non-hydrogen) atoms. The fourth-order valence-electron chi connectivity index (χ4n) is 3.67. The van der Waals surface area contributed by atoms with Gasteiger partial charge < -0.3 is 15.7 Å². The fraction of sp³-hybridized carbons (Fsp3) is 0.400. The molecular weight excluding hydrogens is 394 g/mol. The Bertz CT molecular complexity index is 918. The number of amides is 2. The number of nitrogens with zero attached hydrogens (tertiary/aromatic N) is 1. The van der Waals surface area contributed by atoms with Crippen LogP contribution in [-0.4, -0.2) is 28.4 Å². The number of nitro benzene ring substituents is 1. The van der Waals surface area contributed by atoms with E-state index in [0.29, 0.717) is 6.54 Å². The van der Waals surface area contributed by atoms with Gasteiger partial charge in [0.05, 0.1) is 11.0 Å². The number of rotatable bonds is 6. The number of aliphatic hydroxyl groups is 1. The Labute approximate surface area is 172 Å². The highest BCUT2D eigenvalue weighted by atomic mass is 32.1. The quantitative estimate of drug-likeness (QED) is 0.378. The Balaban J connectivity index is 1.68. The zero-order valence-electron chi connectivity index (χ0n) is 16.0. The Morgan fingerprint density at radius 3 is 2.52 bits per heavy atom. The molecule has 0 saturated heterocycles. The number of nitro groups is 1. The number of carbonyl (C=O) groups is 2. The summed E-state index contributed by atoms with van der Waals surface area (Å²) in [5, 5.41) is 25.9. The minimum atomic E-state index is -0.941. The second-order valence-corrected chi connectivity index (χ2v) is 8.39. The molecule has 1 atom stereocenters. The minimum absolute atomic E-state index is 0.0203. The van der Waals surface area contributed by atoms with Crippen molar-refractivity contribution in [2.45, 2.75) is 44.1 Å². The van der Waals surface area contributed by atoms with Crippen LogP contribution in [-0.2, 0) is 15.0 Å². The Kier molecular flexibility index (Phi) is 6.29. The summed E-state index contributed by atoms with van der Waals surface area (Å²) in [6.45, 7) is 2.02. The number of benzene rings is 1. The number of thiophene rings is 1. The van der Waals surface area contributed by atoms with Crippen molar-refractivity contribution in [3.05, 3.63) is 56.3 Å². The third kappa shape index (κ3) is 4.63. The monoisotopic (exact) mass is 417 g/mol. The smallest absolute Gasteiger partial charge is 0.313 e. The van der Waals surface area contributed by atoms with E-state index in [9.17, 15) is 24.8 Å². The maximum Gasteiger partial charge on any atom is 0.313 e. The molecule has 1 fully saturated rings. The van der Waals surface area contributed by atoms with E-state index in [2.05, 4.69) is 10.6 Å². The summed E-state index contributed by atoms with van der Waals surface area (Å²) in [6, 6.07) is 9.55. The summed E-state index contributed by atoms with van der Waals surface area (Å²) < 4.78 is 0. The molecule has 0 spiro atoms. The first kappa shape index (κ1) is 20.9. The van der Waals surface area contributed by atoms with E-state index >= 15 is 0 Å². The van der Waals surface area contributed by atoms with Crippen LogP contribution in [0.5, 0.6) is 0 Å². The number of para-hydroxylation sites is 2. The average molecular weight is 417 g/mol. The molecular formula is C20H23N3O5S. The maximum absolute atomic E-state index is 12.3. The SMILES string of the molecule is CC(O)c1ccc(C2(CNC(=O)C(=O)Nc3ccccc3[N+](=O)[O-])CCCC2)s1. The van der Waals surface area contributed by atoms with Crippen LogP contribution in [0.4, 0.5) is 11.4 Å². The van der Waals surface area contributed by atoms with Gasteiger partial charge in [0, 0.05) is 27.8 Å². The second kappa shape index (κ2) is 8.71. The van der Waals surface area contributed by atoms with Gasteiger partial charge in [-0.1, -0.05) is 25.0 Å². The zero-order valence-corrected chi connectivity index (χ0v) is 16.8. The fourth-order valence-corrected chi connectivity index (χ4v) is 4.86. The first-order valence-electron chi connectivity index (χ1n) is 9.43. The third-order valence-electron chi connectivity index (χ3n) is 5.26. The molecule has 154 valence electrons. The average Bonchev–Trinajstić information content (AvgIpc) is 3.36. The molecule has 0 bridgehead atoms. The number of aliphatic hydroxyl groups excluding tert-OH is 1. The maximum atomic E-state index is 12.3. The molecule has 3 rings (SSSR count). The van der Waals surface area contributed by atoms with Crippen LogP contribution < -0.4 is 10.6 Å². The highest BCUT2D eigenvalue weighted by Gasteiger charge is 2.38. The molecule has 1 saturated carbocycles. The molecule has 0 radical (unpaired) electrons. The molecule has 2 amide bonds. The molecule has 1 aromatic carbocycles. The van der Waals surface area contributed by atoms with Gasteiger partial charge in [-0.25, -0.2) is 0 Å². The number of carbonyl (C=O) groups excluding carboxylic acids is 2. The molecule has 0 aliphatic heterocycles. The van der Waals surface area contributed by atoms with E-state index < -0.39 is 22.8 Å². The van der Waals surface area contributed by atoms with Gasteiger partial charge in [-0.2, -0.15) is 0 Å². The van der Waals surface area contributed by atoms with Crippen molar-refractivity contribution in [2.24, 2.45) is 0 Å². The van der Waals surface area contributed by atoms with Gasteiger partial charge in [0.25, 0.3) is 5.69 Å². The van der Waals surface area contributed by atoms with Crippen molar-refractivity contribution >= 4 is 34.5 Å². The van der Waals surface area contributed by atoms with E-state index in [0.717, 1.165) is 35.4 Å². The van der Waals surface area contributed by atoms with E-state index in [1.165, 1.54) is 29.5 Å².